The molecule has 37 heavy (non-hydrogen) atoms. The highest BCUT2D eigenvalue weighted by molar-refractivity contribution is 6.04. The standard InChI is InChI=1S/C28H32N6O3/c1-30(2)21-14-22-17-33(28(36)34(22)16-21)20-8-5-18(6-9-20)19-7-10-24-23(13-19)26-25(15-29-24)31(3)27(35)32(26)11-12-37-4/h5-10,13,15,21-22H,11-12,14,16-17H2,1-4H3/t21-,22-/m1/s1. The third-order valence-electron chi connectivity index (χ3n) is 7.99. The minimum absolute atomic E-state index is 0.0798. The molecular weight excluding hydrogens is 468 g/mol. The third-order valence-corrected chi connectivity index (χ3v) is 7.99. The molecule has 0 unspecified atom stereocenters. The summed E-state index contributed by atoms with van der Waals surface area (Å²) in [5, 5.41) is 0.929. The number of methoxy groups -OCH3 is 1. The Kier molecular flexibility index (Phi) is 5.77. The highest BCUT2D eigenvalue weighted by atomic mass is 16.5. The van der Waals surface area contributed by atoms with Gasteiger partial charge in [-0.25, -0.2) is 9.59 Å². The average Bonchev–Trinajstić information content (AvgIpc) is 3.54. The number of benzene rings is 2. The monoisotopic (exact) mass is 500 g/mol. The van der Waals surface area contributed by atoms with Crippen LogP contribution in [0.15, 0.2) is 53.5 Å². The number of hydrogen-bond donors (Lipinski definition) is 0. The number of anilines is 1. The molecule has 4 heterocycles. The summed E-state index contributed by atoms with van der Waals surface area (Å²) >= 11 is 0. The second kappa shape index (κ2) is 9.00. The fourth-order valence-corrected chi connectivity index (χ4v) is 5.81. The van der Waals surface area contributed by atoms with Gasteiger partial charge in [0.05, 0.1) is 41.9 Å². The lowest BCUT2D eigenvalue weighted by Crippen LogP contribution is -2.37. The molecule has 0 spiro atoms. The third kappa shape index (κ3) is 3.81. The molecule has 6 rings (SSSR count). The Morgan fingerprint density at radius 2 is 1.81 bits per heavy atom. The molecule has 0 N–H and O–H groups in total. The van der Waals surface area contributed by atoms with Crippen LogP contribution < -0.4 is 10.6 Å². The molecule has 9 nitrogen and oxygen atoms in total. The smallest absolute Gasteiger partial charge is 0.328 e. The number of nitrogens with zero attached hydrogens (tertiary/aromatic N) is 6. The number of carbonyl (C=O) groups excluding carboxylic acids is 1. The number of aromatic nitrogens is 3. The number of carbonyl (C=O) groups is 1. The van der Waals surface area contributed by atoms with Gasteiger partial charge in [-0.2, -0.15) is 0 Å². The van der Waals surface area contributed by atoms with Gasteiger partial charge in [0.1, 0.15) is 0 Å². The molecule has 2 aromatic heterocycles. The number of amides is 2. The van der Waals surface area contributed by atoms with Crippen molar-refractivity contribution in [2.45, 2.75) is 25.0 Å². The van der Waals surface area contributed by atoms with E-state index in [2.05, 4.69) is 48.2 Å². The second-order valence-electron chi connectivity index (χ2n) is 10.3. The van der Waals surface area contributed by atoms with Crippen molar-refractivity contribution in [2.24, 2.45) is 7.05 Å². The van der Waals surface area contributed by atoms with Gasteiger partial charge >= 0.3 is 11.7 Å². The highest BCUT2D eigenvalue weighted by Crippen LogP contribution is 2.34. The number of aryl methyl sites for hydroxylation is 1. The summed E-state index contributed by atoms with van der Waals surface area (Å²) in [6, 6.07) is 15.1. The van der Waals surface area contributed by atoms with Crippen LogP contribution in [-0.4, -0.2) is 82.9 Å². The van der Waals surface area contributed by atoms with Gasteiger partial charge in [0.25, 0.3) is 0 Å². The minimum Gasteiger partial charge on any atom is -0.383 e. The first kappa shape index (κ1) is 23.7. The van der Waals surface area contributed by atoms with Gasteiger partial charge in [0.15, 0.2) is 0 Å². The van der Waals surface area contributed by atoms with Gasteiger partial charge in [0.2, 0.25) is 0 Å². The van der Waals surface area contributed by atoms with Crippen molar-refractivity contribution in [3.05, 3.63) is 59.1 Å². The molecule has 2 saturated heterocycles. The zero-order chi connectivity index (χ0) is 25.8. The molecule has 2 fully saturated rings. The molecular formula is C28H32N6O3. The predicted molar refractivity (Wildman–Crippen MR) is 145 cm³/mol. The first-order chi connectivity index (χ1) is 17.9. The van der Waals surface area contributed by atoms with E-state index < -0.39 is 0 Å². The summed E-state index contributed by atoms with van der Waals surface area (Å²) in [4.78, 5) is 36.7. The van der Waals surface area contributed by atoms with E-state index in [0.717, 1.165) is 58.3 Å². The molecule has 0 radical (unpaired) electrons. The Morgan fingerprint density at radius 3 is 2.51 bits per heavy atom. The number of rotatable bonds is 6. The van der Waals surface area contributed by atoms with E-state index >= 15 is 0 Å². The number of urea groups is 1. The van der Waals surface area contributed by atoms with Crippen LogP contribution in [0.2, 0.25) is 0 Å². The van der Waals surface area contributed by atoms with E-state index in [1.54, 1.807) is 29.5 Å². The van der Waals surface area contributed by atoms with Gasteiger partial charge in [-0.3, -0.25) is 19.0 Å². The molecule has 2 aromatic carbocycles. The Balaban J connectivity index is 1.32. The number of likely N-dealkylation sites (N-methyl/N-ethyl adjacent to an activating group) is 1. The SMILES string of the molecule is COCCn1c(=O)n(C)c2cnc3ccc(-c4ccc(N5C[C@H]6C[C@@H](N(C)C)CN6C5=O)cc4)cc3c21. The quantitative estimate of drug-likeness (QED) is 0.407. The Labute approximate surface area is 215 Å². The maximum atomic E-state index is 13.1. The lowest BCUT2D eigenvalue weighted by atomic mass is 10.0. The molecule has 0 bridgehead atoms. The highest BCUT2D eigenvalue weighted by Gasteiger charge is 2.44. The first-order valence-electron chi connectivity index (χ1n) is 12.7. The summed E-state index contributed by atoms with van der Waals surface area (Å²) in [7, 11) is 7.57. The van der Waals surface area contributed by atoms with Crippen molar-refractivity contribution in [2.75, 3.05) is 45.8 Å². The lowest BCUT2D eigenvalue weighted by Gasteiger charge is -2.22. The molecule has 0 saturated carbocycles. The fraction of sp³-hybridized carbons (Fsp3) is 0.393. The molecule has 2 aliphatic rings. The van der Waals surface area contributed by atoms with Crippen molar-refractivity contribution in [3.8, 4) is 11.1 Å². The van der Waals surface area contributed by atoms with Crippen LogP contribution in [-0.2, 0) is 18.3 Å². The Bertz CT molecular complexity index is 1550. The minimum atomic E-state index is -0.0798. The first-order valence-corrected chi connectivity index (χ1v) is 12.7. The molecule has 9 heteroatoms. The summed E-state index contributed by atoms with van der Waals surface area (Å²) in [5.41, 5.74) is 5.42. The van der Waals surface area contributed by atoms with Gasteiger partial charge in [-0.1, -0.05) is 18.2 Å². The zero-order valence-corrected chi connectivity index (χ0v) is 21.7. The average molecular weight is 501 g/mol. The van der Waals surface area contributed by atoms with E-state index in [1.807, 2.05) is 28.0 Å². The zero-order valence-electron chi connectivity index (χ0n) is 21.7. The molecule has 0 aliphatic carbocycles. The molecule has 2 atom stereocenters. The van der Waals surface area contributed by atoms with Crippen molar-refractivity contribution >= 4 is 33.7 Å². The van der Waals surface area contributed by atoms with Gasteiger partial charge in [0, 0.05) is 44.4 Å². The van der Waals surface area contributed by atoms with Crippen LogP contribution in [0.1, 0.15) is 6.42 Å². The van der Waals surface area contributed by atoms with Gasteiger partial charge in [-0.05, 0) is 55.9 Å². The number of fused-ring (bicyclic) bond motifs is 4. The van der Waals surface area contributed by atoms with Crippen molar-refractivity contribution in [1.29, 1.82) is 0 Å². The topological polar surface area (TPSA) is 75.8 Å². The Hall–Kier alpha value is -3.69. The van der Waals surface area contributed by atoms with Crippen LogP contribution >= 0.6 is 0 Å². The number of hydrogen-bond acceptors (Lipinski definition) is 5. The van der Waals surface area contributed by atoms with Crippen LogP contribution in [0.5, 0.6) is 0 Å². The maximum absolute atomic E-state index is 13.1. The van der Waals surface area contributed by atoms with Crippen LogP contribution in [0.3, 0.4) is 0 Å². The second-order valence-corrected chi connectivity index (χ2v) is 10.3. The van der Waals surface area contributed by atoms with Gasteiger partial charge < -0.3 is 14.5 Å². The van der Waals surface area contributed by atoms with Crippen LogP contribution in [0.25, 0.3) is 33.1 Å². The van der Waals surface area contributed by atoms with Crippen molar-refractivity contribution in [1.82, 2.24) is 23.9 Å². The van der Waals surface area contributed by atoms with Crippen molar-refractivity contribution < 1.29 is 9.53 Å². The molecule has 192 valence electrons. The number of imidazole rings is 1. The van der Waals surface area contributed by atoms with E-state index in [9.17, 15) is 9.59 Å². The van der Waals surface area contributed by atoms with E-state index in [4.69, 9.17) is 4.74 Å². The molecule has 2 amide bonds. The molecule has 2 aliphatic heterocycles. The van der Waals surface area contributed by atoms with E-state index in [-0.39, 0.29) is 17.8 Å². The number of pyridine rings is 1. The number of ether oxygens (including phenoxy) is 1. The fourth-order valence-electron chi connectivity index (χ4n) is 5.81. The summed E-state index contributed by atoms with van der Waals surface area (Å²) in [6.45, 7) is 2.45. The van der Waals surface area contributed by atoms with E-state index in [1.165, 1.54) is 0 Å². The summed E-state index contributed by atoms with van der Waals surface area (Å²) in [5.74, 6) is 0. The summed E-state index contributed by atoms with van der Waals surface area (Å²) in [6.07, 6.45) is 2.78. The van der Waals surface area contributed by atoms with E-state index in [0.29, 0.717) is 19.2 Å². The Morgan fingerprint density at radius 1 is 1.05 bits per heavy atom. The van der Waals surface area contributed by atoms with Gasteiger partial charge in [-0.15, -0.1) is 0 Å². The largest absolute Gasteiger partial charge is 0.383 e. The van der Waals surface area contributed by atoms with Crippen LogP contribution in [0.4, 0.5) is 10.5 Å². The molecule has 4 aromatic rings. The normalized spacial score (nSPS) is 19.6. The predicted octanol–water partition coefficient (Wildman–Crippen LogP) is 3.15. The lowest BCUT2D eigenvalue weighted by molar-refractivity contribution is 0.187. The maximum Gasteiger partial charge on any atom is 0.328 e. The van der Waals surface area contributed by atoms with Crippen molar-refractivity contribution in [3.63, 3.8) is 0 Å². The van der Waals surface area contributed by atoms with Crippen LogP contribution in [0, 0.1) is 0 Å². The summed E-state index contributed by atoms with van der Waals surface area (Å²) < 4.78 is 8.65.